The van der Waals surface area contributed by atoms with Crippen molar-refractivity contribution in [1.29, 1.82) is 0 Å². The molecule has 1 aromatic carbocycles. The number of aliphatic hydroxyl groups excluding tert-OH is 1. The molecule has 0 saturated heterocycles. The van der Waals surface area contributed by atoms with Crippen molar-refractivity contribution in [3.63, 3.8) is 0 Å². The lowest BCUT2D eigenvalue weighted by Gasteiger charge is -2.14. The van der Waals surface area contributed by atoms with Gasteiger partial charge in [0, 0.05) is 16.6 Å². The summed E-state index contributed by atoms with van der Waals surface area (Å²) in [5.41, 5.74) is 0.291. The monoisotopic (exact) mass is 261 g/mol. The molecule has 0 heterocycles. The summed E-state index contributed by atoms with van der Waals surface area (Å²) in [5, 5.41) is 31.2. The van der Waals surface area contributed by atoms with Crippen LogP contribution in [0.15, 0.2) is 16.6 Å². The van der Waals surface area contributed by atoms with Crippen LogP contribution in [-0.4, -0.2) is 28.9 Å². The zero-order valence-electron chi connectivity index (χ0n) is 7.66. The molecule has 0 aliphatic rings. The Bertz CT molecular complexity index is 330. The fourth-order valence-corrected chi connectivity index (χ4v) is 1.77. The van der Waals surface area contributed by atoms with Crippen LogP contribution in [0, 0.1) is 0 Å². The van der Waals surface area contributed by atoms with Crippen molar-refractivity contribution < 1.29 is 15.3 Å². The summed E-state index contributed by atoms with van der Waals surface area (Å²) < 4.78 is 0.565. The van der Waals surface area contributed by atoms with E-state index in [4.69, 9.17) is 0 Å². The van der Waals surface area contributed by atoms with Gasteiger partial charge in [-0.2, -0.15) is 0 Å². The average Bonchev–Trinajstić information content (AvgIpc) is 2.13. The lowest BCUT2D eigenvalue weighted by molar-refractivity contribution is 0.172. The van der Waals surface area contributed by atoms with Gasteiger partial charge in [0.1, 0.15) is 0 Å². The highest BCUT2D eigenvalue weighted by atomic mass is 79.9. The number of rotatable bonds is 3. The minimum atomic E-state index is -0.860. The first-order valence-corrected chi connectivity index (χ1v) is 4.90. The highest BCUT2D eigenvalue weighted by Crippen LogP contribution is 2.37. The average molecular weight is 262 g/mol. The minimum absolute atomic E-state index is 0.238. The number of hydrogen-bond acceptors (Lipinski definition) is 4. The van der Waals surface area contributed by atoms with Gasteiger partial charge in [-0.05, 0) is 19.2 Å². The largest absolute Gasteiger partial charge is 0.504 e. The summed E-state index contributed by atoms with van der Waals surface area (Å²) in [5.74, 6) is -0.527. The molecule has 1 aromatic rings. The normalized spacial score (nSPS) is 12.8. The molecular weight excluding hydrogens is 250 g/mol. The summed E-state index contributed by atoms with van der Waals surface area (Å²) in [6, 6.07) is 2.93. The topological polar surface area (TPSA) is 72.7 Å². The first-order chi connectivity index (χ1) is 6.57. The number of aliphatic hydroxyl groups is 1. The lowest BCUT2D eigenvalue weighted by atomic mass is 10.1. The van der Waals surface area contributed by atoms with Crippen molar-refractivity contribution in [2.75, 3.05) is 13.6 Å². The summed E-state index contributed by atoms with van der Waals surface area (Å²) in [6.07, 6.45) is -0.860. The van der Waals surface area contributed by atoms with E-state index in [0.717, 1.165) is 0 Å². The van der Waals surface area contributed by atoms with E-state index in [9.17, 15) is 15.3 Å². The second kappa shape index (κ2) is 4.63. The molecule has 0 bridgehead atoms. The lowest BCUT2D eigenvalue weighted by Crippen LogP contribution is -2.17. The van der Waals surface area contributed by atoms with Crippen LogP contribution < -0.4 is 5.32 Å². The summed E-state index contributed by atoms with van der Waals surface area (Å²) in [4.78, 5) is 0. The van der Waals surface area contributed by atoms with Gasteiger partial charge in [0.25, 0.3) is 0 Å². The molecule has 14 heavy (non-hydrogen) atoms. The summed E-state index contributed by atoms with van der Waals surface area (Å²) in [7, 11) is 1.69. The molecule has 0 saturated carbocycles. The number of likely N-dealkylation sites (N-methyl/N-ethyl adjacent to an activating group) is 1. The number of aromatic hydroxyl groups is 2. The van der Waals surface area contributed by atoms with E-state index in [-0.39, 0.29) is 11.5 Å². The van der Waals surface area contributed by atoms with Crippen LogP contribution in [0.2, 0.25) is 0 Å². The SMILES string of the molecule is CNCC(O)c1c(Br)ccc(O)c1O. The second-order valence-electron chi connectivity index (χ2n) is 2.90. The maximum absolute atomic E-state index is 9.64. The van der Waals surface area contributed by atoms with E-state index in [2.05, 4.69) is 21.2 Å². The number of phenols is 2. The first kappa shape index (κ1) is 11.3. The van der Waals surface area contributed by atoms with Crippen LogP contribution in [0.1, 0.15) is 11.7 Å². The van der Waals surface area contributed by atoms with Gasteiger partial charge in [-0.1, -0.05) is 15.9 Å². The van der Waals surface area contributed by atoms with Gasteiger partial charge in [0.15, 0.2) is 11.5 Å². The maximum atomic E-state index is 9.64. The van der Waals surface area contributed by atoms with Crippen LogP contribution in [0.3, 0.4) is 0 Å². The van der Waals surface area contributed by atoms with Crippen LogP contribution in [0.25, 0.3) is 0 Å². The van der Waals surface area contributed by atoms with Crippen molar-refractivity contribution >= 4 is 15.9 Å². The Labute approximate surface area is 90.3 Å². The maximum Gasteiger partial charge on any atom is 0.164 e. The van der Waals surface area contributed by atoms with E-state index < -0.39 is 6.10 Å². The summed E-state index contributed by atoms with van der Waals surface area (Å²) in [6.45, 7) is 0.301. The molecule has 5 heteroatoms. The first-order valence-electron chi connectivity index (χ1n) is 4.11. The Morgan fingerprint density at radius 1 is 1.43 bits per heavy atom. The highest BCUT2D eigenvalue weighted by molar-refractivity contribution is 9.10. The Hall–Kier alpha value is -0.780. The van der Waals surface area contributed by atoms with E-state index in [1.807, 2.05) is 0 Å². The molecule has 4 N–H and O–H groups in total. The Kier molecular flexibility index (Phi) is 3.74. The van der Waals surface area contributed by atoms with Gasteiger partial charge in [-0.15, -0.1) is 0 Å². The Morgan fingerprint density at radius 3 is 2.64 bits per heavy atom. The zero-order chi connectivity index (χ0) is 10.7. The molecule has 1 unspecified atom stereocenters. The minimum Gasteiger partial charge on any atom is -0.504 e. The molecule has 4 nitrogen and oxygen atoms in total. The number of benzene rings is 1. The van der Waals surface area contributed by atoms with E-state index in [0.29, 0.717) is 16.6 Å². The fraction of sp³-hybridized carbons (Fsp3) is 0.333. The number of halogens is 1. The highest BCUT2D eigenvalue weighted by Gasteiger charge is 2.17. The number of hydrogen-bond donors (Lipinski definition) is 4. The molecule has 78 valence electrons. The van der Waals surface area contributed by atoms with Crippen molar-refractivity contribution in [1.82, 2.24) is 5.32 Å². The van der Waals surface area contributed by atoms with Crippen molar-refractivity contribution in [2.45, 2.75) is 6.10 Å². The third-order valence-corrected chi connectivity index (χ3v) is 2.56. The Morgan fingerprint density at radius 2 is 2.07 bits per heavy atom. The van der Waals surface area contributed by atoms with Crippen molar-refractivity contribution in [3.8, 4) is 11.5 Å². The van der Waals surface area contributed by atoms with Gasteiger partial charge in [0.05, 0.1) is 6.10 Å². The standard InChI is InChI=1S/C9H12BrNO3/c1-11-4-7(13)8-5(10)2-3-6(12)9(8)14/h2-3,7,11-14H,4H2,1H3. The van der Waals surface area contributed by atoms with Gasteiger partial charge in [-0.25, -0.2) is 0 Å². The molecule has 1 atom stereocenters. The number of phenolic OH excluding ortho intramolecular Hbond substituents is 2. The van der Waals surface area contributed by atoms with E-state index in [1.54, 1.807) is 13.1 Å². The van der Waals surface area contributed by atoms with Crippen LogP contribution >= 0.6 is 15.9 Å². The quantitative estimate of drug-likeness (QED) is 0.616. The predicted molar refractivity (Wildman–Crippen MR) is 56.4 cm³/mol. The third-order valence-electron chi connectivity index (χ3n) is 1.87. The molecule has 0 radical (unpaired) electrons. The van der Waals surface area contributed by atoms with E-state index in [1.165, 1.54) is 6.07 Å². The van der Waals surface area contributed by atoms with Gasteiger partial charge < -0.3 is 20.6 Å². The van der Waals surface area contributed by atoms with Crippen LogP contribution in [-0.2, 0) is 0 Å². The predicted octanol–water partition coefficient (Wildman–Crippen LogP) is 1.11. The van der Waals surface area contributed by atoms with Crippen LogP contribution in [0.4, 0.5) is 0 Å². The third kappa shape index (κ3) is 2.17. The smallest absolute Gasteiger partial charge is 0.164 e. The van der Waals surface area contributed by atoms with Crippen molar-refractivity contribution in [2.24, 2.45) is 0 Å². The molecule has 0 aliphatic heterocycles. The van der Waals surface area contributed by atoms with Crippen LogP contribution in [0.5, 0.6) is 11.5 Å². The molecular formula is C9H12BrNO3. The van der Waals surface area contributed by atoms with Gasteiger partial charge >= 0.3 is 0 Å². The zero-order valence-corrected chi connectivity index (χ0v) is 9.24. The van der Waals surface area contributed by atoms with Gasteiger partial charge in [-0.3, -0.25) is 0 Å². The summed E-state index contributed by atoms with van der Waals surface area (Å²) >= 11 is 3.19. The van der Waals surface area contributed by atoms with Gasteiger partial charge in [0.2, 0.25) is 0 Å². The molecule has 0 fully saturated rings. The molecule has 0 aromatic heterocycles. The number of nitrogens with one attached hydrogen (secondary N) is 1. The molecule has 0 spiro atoms. The molecule has 1 rings (SSSR count). The fourth-order valence-electron chi connectivity index (χ4n) is 1.18. The molecule has 0 amide bonds. The second-order valence-corrected chi connectivity index (χ2v) is 3.76. The van der Waals surface area contributed by atoms with Crippen molar-refractivity contribution in [3.05, 3.63) is 22.2 Å². The molecule has 0 aliphatic carbocycles. The Balaban J connectivity index is 3.11. The van der Waals surface area contributed by atoms with E-state index >= 15 is 0 Å².